The van der Waals surface area contributed by atoms with E-state index in [0.29, 0.717) is 13.1 Å². The van der Waals surface area contributed by atoms with Gasteiger partial charge in [-0.15, -0.1) is 0 Å². The van der Waals surface area contributed by atoms with Gasteiger partial charge in [0.25, 0.3) is 5.69 Å². The second-order valence-corrected chi connectivity index (χ2v) is 6.68. The van der Waals surface area contributed by atoms with Crippen LogP contribution < -0.4 is 10.2 Å². The van der Waals surface area contributed by atoms with Crippen LogP contribution in [0.2, 0.25) is 5.02 Å². The molecule has 1 saturated heterocycles. The third kappa shape index (κ3) is 4.87. The smallest absolute Gasteiger partial charge is 0.294 e. The molecule has 8 nitrogen and oxygen atoms in total. The van der Waals surface area contributed by atoms with E-state index in [0.717, 1.165) is 18.8 Å². The van der Waals surface area contributed by atoms with Crippen molar-refractivity contribution in [3.63, 3.8) is 0 Å². The van der Waals surface area contributed by atoms with Crippen LogP contribution in [0.3, 0.4) is 0 Å². The number of benzene rings is 2. The Morgan fingerprint density at radius 1 is 1.15 bits per heavy atom. The van der Waals surface area contributed by atoms with Crippen LogP contribution in [-0.4, -0.2) is 53.6 Å². The summed E-state index contributed by atoms with van der Waals surface area (Å²) in [6.07, 6.45) is 0. The van der Waals surface area contributed by atoms with E-state index in [1.807, 2.05) is 17.0 Å². The van der Waals surface area contributed by atoms with E-state index in [-0.39, 0.29) is 34.6 Å². The van der Waals surface area contributed by atoms with Gasteiger partial charge in [0.05, 0.1) is 11.5 Å². The number of hydrogen-bond donors (Lipinski definition) is 2. The fourth-order valence-electron chi connectivity index (χ4n) is 2.98. The van der Waals surface area contributed by atoms with E-state index in [4.69, 9.17) is 11.6 Å². The normalized spacial score (nSPS) is 14.8. The lowest BCUT2D eigenvalue weighted by atomic mass is 10.2. The van der Waals surface area contributed by atoms with Crippen molar-refractivity contribution < 1.29 is 14.8 Å². The van der Waals surface area contributed by atoms with Crippen molar-refractivity contribution in [2.75, 3.05) is 42.9 Å². The van der Waals surface area contributed by atoms with Gasteiger partial charge in [-0.1, -0.05) is 11.6 Å². The molecule has 2 aromatic rings. The molecule has 3 rings (SSSR count). The molecule has 9 heteroatoms. The molecule has 0 saturated carbocycles. The van der Waals surface area contributed by atoms with E-state index in [1.54, 1.807) is 12.1 Å². The Labute approximate surface area is 161 Å². The Hall–Kier alpha value is -2.84. The molecule has 2 aromatic carbocycles. The number of hydrogen-bond acceptors (Lipinski definition) is 6. The predicted molar refractivity (Wildman–Crippen MR) is 103 cm³/mol. The van der Waals surface area contributed by atoms with Crippen LogP contribution >= 0.6 is 11.6 Å². The monoisotopic (exact) mass is 390 g/mol. The maximum atomic E-state index is 12.3. The molecule has 1 aliphatic rings. The average Bonchev–Trinajstić information content (AvgIpc) is 2.64. The molecule has 0 aromatic heterocycles. The SMILES string of the molecule is O=C(CN1CCN(c2ccc(O)cc2)CC1)Nc1ccc(Cl)cc1[N+](=O)[O-]. The fourth-order valence-corrected chi connectivity index (χ4v) is 3.15. The Morgan fingerprint density at radius 3 is 2.44 bits per heavy atom. The molecule has 0 radical (unpaired) electrons. The number of nitro benzene ring substituents is 1. The minimum absolute atomic E-state index is 0.136. The number of aromatic hydroxyl groups is 1. The second-order valence-electron chi connectivity index (χ2n) is 6.25. The third-order valence-corrected chi connectivity index (χ3v) is 4.62. The van der Waals surface area contributed by atoms with Gasteiger partial charge in [0.2, 0.25) is 5.91 Å². The molecule has 1 fully saturated rings. The zero-order valence-electron chi connectivity index (χ0n) is 14.5. The molecular formula is C18H19ClN4O4. The van der Waals surface area contributed by atoms with Crippen molar-refractivity contribution in [2.45, 2.75) is 0 Å². The first-order valence-corrected chi connectivity index (χ1v) is 8.80. The molecule has 0 aliphatic carbocycles. The number of amides is 1. The Balaban J connectivity index is 1.54. The molecule has 1 amide bonds. The van der Waals surface area contributed by atoms with E-state index >= 15 is 0 Å². The third-order valence-electron chi connectivity index (χ3n) is 4.38. The van der Waals surface area contributed by atoms with Gasteiger partial charge in [0.15, 0.2) is 0 Å². The van der Waals surface area contributed by atoms with Crippen LogP contribution in [0, 0.1) is 10.1 Å². The van der Waals surface area contributed by atoms with E-state index in [1.165, 1.54) is 18.2 Å². The standard InChI is InChI=1S/C18H19ClN4O4/c19-13-1-6-16(17(11-13)23(26)27)20-18(25)12-21-7-9-22(10-8-21)14-2-4-15(24)5-3-14/h1-6,11,24H,7-10,12H2,(H,20,25). The Bertz CT molecular complexity index is 836. The van der Waals surface area contributed by atoms with Gasteiger partial charge < -0.3 is 15.3 Å². The Morgan fingerprint density at radius 2 is 1.81 bits per heavy atom. The largest absolute Gasteiger partial charge is 0.508 e. The highest BCUT2D eigenvalue weighted by molar-refractivity contribution is 6.31. The highest BCUT2D eigenvalue weighted by Crippen LogP contribution is 2.27. The number of anilines is 2. The number of piperazine rings is 1. The van der Waals surface area contributed by atoms with Gasteiger partial charge in [0.1, 0.15) is 11.4 Å². The van der Waals surface area contributed by atoms with E-state index in [2.05, 4.69) is 10.2 Å². The van der Waals surface area contributed by atoms with Crippen LogP contribution in [0.5, 0.6) is 5.75 Å². The maximum absolute atomic E-state index is 12.3. The summed E-state index contributed by atoms with van der Waals surface area (Å²) in [5.74, 6) is -0.0798. The maximum Gasteiger partial charge on any atom is 0.294 e. The molecular weight excluding hydrogens is 372 g/mol. The van der Waals surface area contributed by atoms with Gasteiger partial charge >= 0.3 is 0 Å². The van der Waals surface area contributed by atoms with Crippen LogP contribution in [0.15, 0.2) is 42.5 Å². The highest BCUT2D eigenvalue weighted by atomic mass is 35.5. The minimum Gasteiger partial charge on any atom is -0.508 e. The second kappa shape index (κ2) is 8.24. The lowest BCUT2D eigenvalue weighted by Crippen LogP contribution is -2.48. The molecule has 0 atom stereocenters. The molecule has 0 bridgehead atoms. The lowest BCUT2D eigenvalue weighted by Gasteiger charge is -2.35. The first-order valence-electron chi connectivity index (χ1n) is 8.42. The number of nitrogens with one attached hydrogen (secondary N) is 1. The fraction of sp³-hybridized carbons (Fsp3) is 0.278. The molecule has 142 valence electrons. The van der Waals surface area contributed by atoms with Crippen molar-refractivity contribution in [1.29, 1.82) is 0 Å². The quantitative estimate of drug-likeness (QED) is 0.601. The van der Waals surface area contributed by atoms with Crippen LogP contribution in [0.4, 0.5) is 17.1 Å². The lowest BCUT2D eigenvalue weighted by molar-refractivity contribution is -0.383. The summed E-state index contributed by atoms with van der Waals surface area (Å²) in [5, 5.41) is 23.3. The van der Waals surface area contributed by atoms with Gasteiger partial charge in [-0.05, 0) is 36.4 Å². The van der Waals surface area contributed by atoms with Crippen molar-refractivity contribution in [3.8, 4) is 5.75 Å². The summed E-state index contributed by atoms with van der Waals surface area (Å²) in [6, 6.07) is 11.2. The van der Waals surface area contributed by atoms with Gasteiger partial charge in [-0.3, -0.25) is 19.8 Å². The van der Waals surface area contributed by atoms with Crippen molar-refractivity contribution in [3.05, 3.63) is 57.6 Å². The Kier molecular flexibility index (Phi) is 5.78. The summed E-state index contributed by atoms with van der Waals surface area (Å²) >= 11 is 5.78. The molecule has 1 aliphatic heterocycles. The predicted octanol–water partition coefficient (Wildman–Crippen LogP) is 2.71. The number of phenolic OH excluding ortho intramolecular Hbond substituents is 1. The topological polar surface area (TPSA) is 99.0 Å². The number of carbonyl (C=O) groups excluding carboxylic acids is 1. The number of nitro groups is 1. The first kappa shape index (κ1) is 18.9. The number of nitrogens with zero attached hydrogens (tertiary/aromatic N) is 3. The van der Waals surface area contributed by atoms with Crippen molar-refractivity contribution >= 4 is 34.6 Å². The number of halogens is 1. The summed E-state index contributed by atoms with van der Waals surface area (Å²) < 4.78 is 0. The first-order chi connectivity index (χ1) is 12.9. The van der Waals surface area contributed by atoms with Crippen LogP contribution in [0.1, 0.15) is 0 Å². The van der Waals surface area contributed by atoms with Crippen molar-refractivity contribution in [1.82, 2.24) is 4.90 Å². The van der Waals surface area contributed by atoms with Crippen molar-refractivity contribution in [2.24, 2.45) is 0 Å². The van der Waals surface area contributed by atoms with Crippen LogP contribution in [0.25, 0.3) is 0 Å². The average molecular weight is 391 g/mol. The van der Waals surface area contributed by atoms with E-state index < -0.39 is 4.92 Å². The molecule has 0 spiro atoms. The summed E-state index contributed by atoms with van der Waals surface area (Å²) in [5.41, 5.74) is 0.929. The molecule has 1 heterocycles. The zero-order valence-corrected chi connectivity index (χ0v) is 15.2. The number of carbonyl (C=O) groups is 1. The van der Waals surface area contributed by atoms with Gasteiger partial charge in [-0.2, -0.15) is 0 Å². The summed E-state index contributed by atoms with van der Waals surface area (Å²) in [4.78, 5) is 27.0. The molecule has 27 heavy (non-hydrogen) atoms. The zero-order chi connectivity index (χ0) is 19.4. The van der Waals surface area contributed by atoms with Crippen LogP contribution in [-0.2, 0) is 4.79 Å². The number of rotatable bonds is 5. The highest BCUT2D eigenvalue weighted by Gasteiger charge is 2.21. The summed E-state index contributed by atoms with van der Waals surface area (Å²) in [6.45, 7) is 3.04. The minimum atomic E-state index is -0.572. The van der Waals surface area contributed by atoms with Gasteiger partial charge in [-0.25, -0.2) is 0 Å². The van der Waals surface area contributed by atoms with Gasteiger partial charge in [0, 0.05) is 43.0 Å². The molecule has 2 N–H and O–H groups in total. The summed E-state index contributed by atoms with van der Waals surface area (Å²) in [7, 11) is 0. The molecule has 0 unspecified atom stereocenters. The number of phenols is 1. The van der Waals surface area contributed by atoms with E-state index in [9.17, 15) is 20.0 Å².